The molecular formula is C15H25N3O. The van der Waals surface area contributed by atoms with Gasteiger partial charge in [0.25, 0.3) is 0 Å². The molecule has 1 aromatic carbocycles. The molecule has 0 aliphatic heterocycles. The molecule has 0 bridgehead atoms. The van der Waals surface area contributed by atoms with E-state index < -0.39 is 0 Å². The molecule has 0 heterocycles. The summed E-state index contributed by atoms with van der Waals surface area (Å²) in [6, 6.07) is 7.64. The fourth-order valence-electron chi connectivity index (χ4n) is 1.89. The van der Waals surface area contributed by atoms with Crippen LogP contribution in [0, 0.1) is 0 Å². The second-order valence-corrected chi connectivity index (χ2v) is 4.85. The van der Waals surface area contributed by atoms with E-state index in [2.05, 4.69) is 17.6 Å². The number of anilines is 2. The number of nitrogens with zero attached hydrogens (tertiary/aromatic N) is 1. The molecule has 0 unspecified atom stereocenters. The van der Waals surface area contributed by atoms with Gasteiger partial charge in [-0.3, -0.25) is 0 Å². The summed E-state index contributed by atoms with van der Waals surface area (Å²) in [5.74, 6) is 0. The highest BCUT2D eigenvalue weighted by atomic mass is 16.2. The highest BCUT2D eigenvalue weighted by Gasteiger charge is 2.06. The Kier molecular flexibility index (Phi) is 6.79. The van der Waals surface area contributed by atoms with E-state index >= 15 is 0 Å². The van der Waals surface area contributed by atoms with E-state index in [9.17, 15) is 4.79 Å². The molecule has 19 heavy (non-hydrogen) atoms. The fraction of sp³-hybridized carbons (Fsp3) is 0.533. The normalized spacial score (nSPS) is 10.1. The van der Waals surface area contributed by atoms with Crippen LogP contribution in [-0.2, 0) is 0 Å². The van der Waals surface area contributed by atoms with E-state index in [0.29, 0.717) is 0 Å². The number of unbranched alkanes of at least 4 members (excludes halogenated alkanes) is 3. The molecule has 0 saturated carbocycles. The maximum atomic E-state index is 11.8. The Bertz CT molecular complexity index is 391. The number of para-hydroxylation sites is 2. The van der Waals surface area contributed by atoms with Crippen LogP contribution in [0.2, 0.25) is 0 Å². The zero-order valence-electron chi connectivity index (χ0n) is 12.2. The Morgan fingerprint density at radius 1 is 1.16 bits per heavy atom. The van der Waals surface area contributed by atoms with E-state index in [1.165, 1.54) is 19.3 Å². The Labute approximate surface area is 116 Å². The molecule has 0 radical (unpaired) electrons. The van der Waals surface area contributed by atoms with Crippen molar-refractivity contribution in [2.24, 2.45) is 0 Å². The number of rotatable bonds is 7. The number of urea groups is 1. The Hall–Kier alpha value is -1.71. The van der Waals surface area contributed by atoms with E-state index in [4.69, 9.17) is 0 Å². The number of nitrogens with one attached hydrogen (secondary N) is 2. The van der Waals surface area contributed by atoms with Gasteiger partial charge in [-0.15, -0.1) is 0 Å². The number of hydrogen-bond acceptors (Lipinski definition) is 2. The Morgan fingerprint density at radius 2 is 1.89 bits per heavy atom. The van der Waals surface area contributed by atoms with Crippen LogP contribution in [0.3, 0.4) is 0 Å². The van der Waals surface area contributed by atoms with Crippen LogP contribution in [0.4, 0.5) is 16.2 Å². The molecular weight excluding hydrogens is 238 g/mol. The molecule has 0 atom stereocenters. The predicted octanol–water partition coefficient (Wildman–Crippen LogP) is 3.45. The number of amides is 2. The van der Waals surface area contributed by atoms with Crippen molar-refractivity contribution in [2.45, 2.75) is 32.6 Å². The summed E-state index contributed by atoms with van der Waals surface area (Å²) < 4.78 is 0. The molecule has 1 aromatic rings. The Balaban J connectivity index is 2.40. The lowest BCUT2D eigenvalue weighted by molar-refractivity contribution is 0.252. The second-order valence-electron chi connectivity index (χ2n) is 4.85. The van der Waals surface area contributed by atoms with Gasteiger partial charge in [0.1, 0.15) is 0 Å². The average molecular weight is 263 g/mol. The first kappa shape index (κ1) is 15.3. The maximum Gasteiger partial charge on any atom is 0.319 e. The van der Waals surface area contributed by atoms with Crippen LogP contribution in [-0.4, -0.2) is 26.7 Å². The Morgan fingerprint density at radius 3 is 2.58 bits per heavy atom. The summed E-state index contributed by atoms with van der Waals surface area (Å²) in [5.41, 5.74) is 1.84. The van der Waals surface area contributed by atoms with Crippen molar-refractivity contribution in [1.82, 2.24) is 5.32 Å². The third-order valence-corrected chi connectivity index (χ3v) is 2.95. The van der Waals surface area contributed by atoms with Crippen molar-refractivity contribution in [1.29, 1.82) is 0 Å². The first-order chi connectivity index (χ1) is 9.15. The summed E-state index contributed by atoms with van der Waals surface area (Å²) in [5, 5.41) is 5.78. The minimum absolute atomic E-state index is 0.134. The molecule has 2 N–H and O–H groups in total. The minimum Gasteiger partial charge on any atom is -0.376 e. The van der Waals surface area contributed by atoms with Gasteiger partial charge < -0.3 is 15.5 Å². The molecule has 4 heteroatoms. The molecule has 106 valence electrons. The third-order valence-electron chi connectivity index (χ3n) is 2.95. The largest absolute Gasteiger partial charge is 0.376 e. The van der Waals surface area contributed by atoms with E-state index in [1.807, 2.05) is 43.3 Å². The minimum atomic E-state index is -0.134. The van der Waals surface area contributed by atoms with Crippen molar-refractivity contribution in [2.75, 3.05) is 30.9 Å². The van der Waals surface area contributed by atoms with Crippen LogP contribution in [0.15, 0.2) is 24.3 Å². The molecule has 0 aliphatic carbocycles. The zero-order chi connectivity index (χ0) is 14.1. The number of hydrogen-bond donors (Lipinski definition) is 2. The molecule has 0 aromatic heterocycles. The quantitative estimate of drug-likeness (QED) is 0.740. The molecule has 0 spiro atoms. The number of carbonyl (C=O) groups excluding carboxylic acids is 1. The lowest BCUT2D eigenvalue weighted by atomic mass is 10.2. The third kappa shape index (κ3) is 5.64. The van der Waals surface area contributed by atoms with Crippen LogP contribution in [0.5, 0.6) is 0 Å². The van der Waals surface area contributed by atoms with Crippen molar-refractivity contribution in [3.05, 3.63) is 24.3 Å². The SMILES string of the molecule is CCCCCCNC(=O)Nc1ccccc1N(C)C. The van der Waals surface area contributed by atoms with Gasteiger partial charge in [-0.1, -0.05) is 38.3 Å². The lowest BCUT2D eigenvalue weighted by Gasteiger charge is -2.17. The lowest BCUT2D eigenvalue weighted by Crippen LogP contribution is -2.30. The van der Waals surface area contributed by atoms with Crippen molar-refractivity contribution in [3.8, 4) is 0 Å². The van der Waals surface area contributed by atoms with Crippen molar-refractivity contribution >= 4 is 17.4 Å². The highest BCUT2D eigenvalue weighted by molar-refractivity contribution is 5.93. The van der Waals surface area contributed by atoms with Gasteiger partial charge in [0.2, 0.25) is 0 Å². The van der Waals surface area contributed by atoms with E-state index in [0.717, 1.165) is 24.3 Å². The first-order valence-corrected chi connectivity index (χ1v) is 6.96. The standard InChI is InChI=1S/C15H25N3O/c1-4-5-6-9-12-16-15(19)17-13-10-7-8-11-14(13)18(2)3/h7-8,10-11H,4-6,9,12H2,1-3H3,(H2,16,17,19). The fourth-order valence-corrected chi connectivity index (χ4v) is 1.89. The smallest absolute Gasteiger partial charge is 0.319 e. The summed E-state index contributed by atoms with van der Waals surface area (Å²) >= 11 is 0. The maximum absolute atomic E-state index is 11.8. The van der Waals surface area contributed by atoms with Gasteiger partial charge in [-0.25, -0.2) is 4.79 Å². The number of benzene rings is 1. The van der Waals surface area contributed by atoms with Crippen LogP contribution >= 0.6 is 0 Å². The van der Waals surface area contributed by atoms with Crippen molar-refractivity contribution in [3.63, 3.8) is 0 Å². The summed E-state index contributed by atoms with van der Waals surface area (Å²) in [6.07, 6.45) is 4.65. The molecule has 4 nitrogen and oxygen atoms in total. The van der Waals surface area contributed by atoms with Gasteiger partial charge >= 0.3 is 6.03 Å². The summed E-state index contributed by atoms with van der Waals surface area (Å²) in [7, 11) is 3.92. The number of carbonyl (C=O) groups is 1. The van der Waals surface area contributed by atoms with Gasteiger partial charge in [-0.05, 0) is 18.6 Å². The van der Waals surface area contributed by atoms with E-state index in [-0.39, 0.29) is 6.03 Å². The van der Waals surface area contributed by atoms with Gasteiger partial charge in [0.05, 0.1) is 11.4 Å². The summed E-state index contributed by atoms with van der Waals surface area (Å²) in [4.78, 5) is 13.8. The molecule has 2 amide bonds. The van der Waals surface area contributed by atoms with Gasteiger partial charge in [0, 0.05) is 20.6 Å². The second kappa shape index (κ2) is 8.40. The molecule has 1 rings (SSSR count). The highest BCUT2D eigenvalue weighted by Crippen LogP contribution is 2.23. The van der Waals surface area contributed by atoms with Crippen molar-refractivity contribution < 1.29 is 4.79 Å². The van der Waals surface area contributed by atoms with Crippen LogP contribution < -0.4 is 15.5 Å². The zero-order valence-corrected chi connectivity index (χ0v) is 12.2. The first-order valence-electron chi connectivity index (χ1n) is 6.96. The van der Waals surface area contributed by atoms with Crippen LogP contribution in [0.25, 0.3) is 0 Å². The monoisotopic (exact) mass is 263 g/mol. The predicted molar refractivity (Wildman–Crippen MR) is 81.9 cm³/mol. The van der Waals surface area contributed by atoms with E-state index in [1.54, 1.807) is 0 Å². The van der Waals surface area contributed by atoms with Gasteiger partial charge in [-0.2, -0.15) is 0 Å². The van der Waals surface area contributed by atoms with Gasteiger partial charge in [0.15, 0.2) is 0 Å². The topological polar surface area (TPSA) is 44.4 Å². The molecule has 0 saturated heterocycles. The molecule has 0 aliphatic rings. The van der Waals surface area contributed by atoms with Crippen LogP contribution in [0.1, 0.15) is 32.6 Å². The average Bonchev–Trinajstić information content (AvgIpc) is 2.39. The summed E-state index contributed by atoms with van der Waals surface area (Å²) in [6.45, 7) is 2.91. The molecule has 0 fully saturated rings.